The molecule has 0 fully saturated rings. The molecule has 1 aromatic carbocycles. The summed E-state index contributed by atoms with van der Waals surface area (Å²) < 4.78 is 10.6. The first kappa shape index (κ1) is 19.5. The third-order valence-electron chi connectivity index (χ3n) is 3.84. The fraction of sp³-hybridized carbons (Fsp3) is 0.421. The second-order valence-electron chi connectivity index (χ2n) is 6.61. The van der Waals surface area contributed by atoms with E-state index >= 15 is 0 Å². The number of benzene rings is 1. The molecule has 2 aromatic rings. The Hall–Kier alpha value is -2.83. The van der Waals surface area contributed by atoms with Crippen molar-refractivity contribution in [2.24, 2.45) is 0 Å². The topological polar surface area (TPSA) is 84.7 Å². The van der Waals surface area contributed by atoms with Crippen molar-refractivity contribution >= 4 is 17.6 Å². The zero-order valence-electron chi connectivity index (χ0n) is 15.8. The van der Waals surface area contributed by atoms with Crippen molar-refractivity contribution in [3.05, 3.63) is 41.2 Å². The van der Waals surface area contributed by atoms with Crippen LogP contribution in [0.15, 0.2) is 28.8 Å². The van der Waals surface area contributed by atoms with Crippen LogP contribution in [0.4, 0.5) is 5.82 Å². The predicted molar refractivity (Wildman–Crippen MR) is 98.3 cm³/mol. The number of hydrogen-bond acceptors (Lipinski definition) is 5. The van der Waals surface area contributed by atoms with Gasteiger partial charge in [0.15, 0.2) is 12.4 Å². The summed E-state index contributed by atoms with van der Waals surface area (Å²) in [6, 6.07) is 7.55. The van der Waals surface area contributed by atoms with Gasteiger partial charge in [0.05, 0.1) is 6.54 Å². The number of anilines is 1. The van der Waals surface area contributed by atoms with Crippen LogP contribution in [0.25, 0.3) is 0 Å². The minimum Gasteiger partial charge on any atom is -0.483 e. The van der Waals surface area contributed by atoms with E-state index in [1.54, 1.807) is 20.0 Å². The Morgan fingerprint density at radius 2 is 2.00 bits per heavy atom. The van der Waals surface area contributed by atoms with Crippen LogP contribution in [0.2, 0.25) is 0 Å². The maximum absolute atomic E-state index is 12.3. The normalized spacial score (nSPS) is 10.7. The number of carbonyl (C=O) groups is 2. The molecule has 0 aliphatic rings. The molecule has 0 saturated carbocycles. The fourth-order valence-corrected chi connectivity index (χ4v) is 2.40. The first-order valence-corrected chi connectivity index (χ1v) is 8.46. The van der Waals surface area contributed by atoms with Crippen LogP contribution in [0.3, 0.4) is 0 Å². The zero-order chi connectivity index (χ0) is 19.3. The van der Waals surface area contributed by atoms with E-state index in [9.17, 15) is 9.59 Å². The lowest BCUT2D eigenvalue weighted by molar-refractivity contribution is -0.135. The maximum atomic E-state index is 12.3. The predicted octanol–water partition coefficient (Wildman–Crippen LogP) is 2.89. The van der Waals surface area contributed by atoms with Gasteiger partial charge in [-0.05, 0) is 37.0 Å². The zero-order valence-corrected chi connectivity index (χ0v) is 15.8. The van der Waals surface area contributed by atoms with Gasteiger partial charge in [0.2, 0.25) is 5.91 Å². The lowest BCUT2D eigenvalue weighted by Crippen LogP contribution is -2.37. The quantitative estimate of drug-likeness (QED) is 0.822. The minimum absolute atomic E-state index is 0.0983. The molecule has 2 amide bonds. The number of nitrogens with one attached hydrogen (secondary N) is 1. The molecule has 140 valence electrons. The van der Waals surface area contributed by atoms with Gasteiger partial charge < -0.3 is 19.5 Å². The van der Waals surface area contributed by atoms with Crippen molar-refractivity contribution in [1.82, 2.24) is 10.1 Å². The van der Waals surface area contributed by atoms with Gasteiger partial charge in [0.1, 0.15) is 11.5 Å². The Bertz CT molecular complexity index is 783. The van der Waals surface area contributed by atoms with Gasteiger partial charge in [0, 0.05) is 13.1 Å². The molecule has 7 nitrogen and oxygen atoms in total. The molecule has 7 heteroatoms. The molecule has 0 radical (unpaired) electrons. The molecule has 2 rings (SSSR count). The molecular weight excluding hydrogens is 334 g/mol. The van der Waals surface area contributed by atoms with E-state index in [-0.39, 0.29) is 30.9 Å². The Morgan fingerprint density at radius 1 is 1.27 bits per heavy atom. The summed E-state index contributed by atoms with van der Waals surface area (Å²) in [6.45, 7) is 7.62. The molecule has 0 unspecified atom stereocenters. The number of rotatable bonds is 7. The second kappa shape index (κ2) is 8.51. The third-order valence-corrected chi connectivity index (χ3v) is 3.84. The van der Waals surface area contributed by atoms with Gasteiger partial charge in [-0.2, -0.15) is 0 Å². The number of amides is 2. The summed E-state index contributed by atoms with van der Waals surface area (Å²) in [5.74, 6) is 1.27. The summed E-state index contributed by atoms with van der Waals surface area (Å²) >= 11 is 0. The van der Waals surface area contributed by atoms with Gasteiger partial charge in [-0.3, -0.25) is 9.59 Å². The largest absolute Gasteiger partial charge is 0.483 e. The Balaban J connectivity index is 1.89. The lowest BCUT2D eigenvalue weighted by atomic mass is 10.0. The highest BCUT2D eigenvalue weighted by Crippen LogP contribution is 2.27. The summed E-state index contributed by atoms with van der Waals surface area (Å²) in [7, 11) is 1.55. The molecule has 0 spiro atoms. The van der Waals surface area contributed by atoms with E-state index in [1.165, 1.54) is 4.90 Å². The first-order chi connectivity index (χ1) is 12.3. The van der Waals surface area contributed by atoms with E-state index in [0.29, 0.717) is 17.3 Å². The molecule has 0 atom stereocenters. The summed E-state index contributed by atoms with van der Waals surface area (Å²) in [4.78, 5) is 25.5. The van der Waals surface area contributed by atoms with Gasteiger partial charge in [-0.15, -0.1) is 0 Å². The molecule has 0 aliphatic heterocycles. The fourth-order valence-electron chi connectivity index (χ4n) is 2.40. The number of aromatic nitrogens is 1. The molecule has 1 N–H and O–H groups in total. The molecule has 0 bridgehead atoms. The van der Waals surface area contributed by atoms with Crippen LogP contribution >= 0.6 is 0 Å². The van der Waals surface area contributed by atoms with Crippen molar-refractivity contribution in [1.29, 1.82) is 0 Å². The van der Waals surface area contributed by atoms with E-state index in [2.05, 4.69) is 24.3 Å². The summed E-state index contributed by atoms with van der Waals surface area (Å²) in [6.07, 6.45) is 0. The van der Waals surface area contributed by atoms with Crippen molar-refractivity contribution in [3.63, 3.8) is 0 Å². The van der Waals surface area contributed by atoms with E-state index < -0.39 is 0 Å². The SMILES string of the molecule is Cc1ccc(C(C)C)c(OCC(=O)N(C)CC(=O)Nc2cc(C)on2)c1. The second-order valence-corrected chi connectivity index (χ2v) is 6.61. The van der Waals surface area contributed by atoms with E-state index in [0.717, 1.165) is 11.1 Å². The molecule has 0 aliphatic carbocycles. The third kappa shape index (κ3) is 5.34. The number of hydrogen-bond donors (Lipinski definition) is 1. The highest BCUT2D eigenvalue weighted by atomic mass is 16.5. The molecule has 26 heavy (non-hydrogen) atoms. The van der Waals surface area contributed by atoms with Crippen LogP contribution in [0.5, 0.6) is 5.75 Å². The molecular formula is C19H25N3O4. The van der Waals surface area contributed by atoms with Crippen LogP contribution in [0.1, 0.15) is 36.7 Å². The van der Waals surface area contributed by atoms with Crippen LogP contribution in [-0.4, -0.2) is 42.1 Å². The standard InChI is InChI=1S/C19H25N3O4/c1-12(2)15-7-6-13(3)8-16(15)25-11-19(24)22(5)10-18(23)20-17-9-14(4)26-21-17/h6-9,12H,10-11H2,1-5H3,(H,20,21,23). The van der Waals surface area contributed by atoms with E-state index in [1.807, 2.05) is 25.1 Å². The monoisotopic (exact) mass is 359 g/mol. The number of carbonyl (C=O) groups excluding carboxylic acids is 2. The van der Waals surface area contributed by atoms with Crippen LogP contribution < -0.4 is 10.1 Å². The Kier molecular flexibility index (Phi) is 6.38. The number of ether oxygens (including phenoxy) is 1. The molecule has 1 aromatic heterocycles. The van der Waals surface area contributed by atoms with Crippen molar-refractivity contribution in [3.8, 4) is 5.75 Å². The minimum atomic E-state index is -0.354. The van der Waals surface area contributed by atoms with Crippen molar-refractivity contribution in [2.75, 3.05) is 25.5 Å². The highest BCUT2D eigenvalue weighted by Gasteiger charge is 2.16. The molecule has 0 saturated heterocycles. The van der Waals surface area contributed by atoms with Crippen LogP contribution in [0, 0.1) is 13.8 Å². The smallest absolute Gasteiger partial charge is 0.260 e. The van der Waals surface area contributed by atoms with Crippen LogP contribution in [-0.2, 0) is 9.59 Å². The number of aryl methyl sites for hydroxylation is 2. The lowest BCUT2D eigenvalue weighted by Gasteiger charge is -2.18. The molecule has 1 heterocycles. The maximum Gasteiger partial charge on any atom is 0.260 e. The first-order valence-electron chi connectivity index (χ1n) is 8.46. The summed E-state index contributed by atoms with van der Waals surface area (Å²) in [5, 5.41) is 6.26. The van der Waals surface area contributed by atoms with Crippen molar-refractivity contribution in [2.45, 2.75) is 33.6 Å². The average Bonchev–Trinajstić information content (AvgIpc) is 2.96. The van der Waals surface area contributed by atoms with Gasteiger partial charge in [0.25, 0.3) is 5.91 Å². The highest BCUT2D eigenvalue weighted by molar-refractivity contribution is 5.93. The Labute approximate surface area is 153 Å². The number of nitrogens with zero attached hydrogens (tertiary/aromatic N) is 2. The summed E-state index contributed by atoms with van der Waals surface area (Å²) in [5.41, 5.74) is 2.11. The van der Waals surface area contributed by atoms with Crippen molar-refractivity contribution < 1.29 is 18.8 Å². The Morgan fingerprint density at radius 3 is 2.62 bits per heavy atom. The number of likely N-dealkylation sites (N-methyl/N-ethyl adjacent to an activating group) is 1. The average molecular weight is 359 g/mol. The van der Waals surface area contributed by atoms with E-state index in [4.69, 9.17) is 9.26 Å². The van der Waals surface area contributed by atoms with Gasteiger partial charge in [-0.1, -0.05) is 31.1 Å². The van der Waals surface area contributed by atoms with Gasteiger partial charge >= 0.3 is 0 Å². The van der Waals surface area contributed by atoms with Gasteiger partial charge in [-0.25, -0.2) is 0 Å².